The van der Waals surface area contributed by atoms with Gasteiger partial charge in [-0.1, -0.05) is 12.8 Å². The van der Waals surface area contributed by atoms with Gasteiger partial charge in [-0.2, -0.15) is 0 Å². The van der Waals surface area contributed by atoms with Crippen LogP contribution in [0.1, 0.15) is 32.6 Å². The molecule has 1 aliphatic carbocycles. The molecule has 1 aromatic heterocycles. The second-order valence-electron chi connectivity index (χ2n) is 5.04. The summed E-state index contributed by atoms with van der Waals surface area (Å²) in [4.78, 5) is 16.1. The Morgan fingerprint density at radius 1 is 1.47 bits per heavy atom. The number of hydrogen-bond donors (Lipinski definition) is 2. The molecule has 4 nitrogen and oxygen atoms in total. The number of rotatable bonds is 2. The number of halogens is 2. The van der Waals surface area contributed by atoms with E-state index in [1.54, 1.807) is 18.5 Å². The minimum Gasteiger partial charge on any atom is -0.325 e. The van der Waals surface area contributed by atoms with E-state index in [-0.39, 0.29) is 42.2 Å². The van der Waals surface area contributed by atoms with E-state index in [1.165, 1.54) is 0 Å². The molecule has 1 saturated carbocycles. The van der Waals surface area contributed by atoms with Gasteiger partial charge in [-0.05, 0) is 31.9 Å². The Hall–Kier alpha value is -0.840. The van der Waals surface area contributed by atoms with E-state index in [0.717, 1.165) is 31.4 Å². The van der Waals surface area contributed by atoms with Crippen LogP contribution in [0.3, 0.4) is 0 Å². The predicted molar refractivity (Wildman–Crippen MR) is 81.9 cm³/mol. The number of aromatic nitrogens is 1. The van der Waals surface area contributed by atoms with Crippen LogP contribution in [0.5, 0.6) is 0 Å². The maximum atomic E-state index is 12.2. The van der Waals surface area contributed by atoms with Crippen molar-refractivity contribution in [1.29, 1.82) is 0 Å². The highest BCUT2D eigenvalue weighted by Gasteiger charge is 2.37. The number of pyridine rings is 1. The molecule has 1 fully saturated rings. The van der Waals surface area contributed by atoms with E-state index in [0.29, 0.717) is 0 Å². The van der Waals surface area contributed by atoms with Gasteiger partial charge in [-0.15, -0.1) is 24.8 Å². The van der Waals surface area contributed by atoms with Crippen LogP contribution in [0.25, 0.3) is 0 Å². The van der Waals surface area contributed by atoms with Crippen LogP contribution in [0.2, 0.25) is 0 Å². The molecule has 6 heteroatoms. The Morgan fingerprint density at radius 2 is 2.21 bits per heavy atom. The molecule has 2 rings (SSSR count). The minimum atomic E-state index is -0.384. The molecule has 1 amide bonds. The topological polar surface area (TPSA) is 68.0 Å². The Balaban J connectivity index is 0.00000162. The molecule has 0 aromatic carbocycles. The number of carbonyl (C=O) groups is 1. The molecule has 3 N–H and O–H groups in total. The summed E-state index contributed by atoms with van der Waals surface area (Å²) in [6.45, 7) is 1.97. The summed E-state index contributed by atoms with van der Waals surface area (Å²) < 4.78 is 0. The number of anilines is 1. The molecule has 0 spiro atoms. The van der Waals surface area contributed by atoms with E-state index in [1.807, 2.05) is 13.0 Å². The Morgan fingerprint density at radius 3 is 2.79 bits per heavy atom. The highest BCUT2D eigenvalue weighted by molar-refractivity contribution is 5.93. The van der Waals surface area contributed by atoms with Gasteiger partial charge in [0.1, 0.15) is 0 Å². The SMILES string of the molecule is CC1(N)CCCCC1C(=O)Nc1cccnc1.Cl.Cl. The second-order valence-corrected chi connectivity index (χ2v) is 5.04. The van der Waals surface area contributed by atoms with Gasteiger partial charge in [-0.25, -0.2) is 0 Å². The average molecular weight is 306 g/mol. The lowest BCUT2D eigenvalue weighted by atomic mass is 9.74. The van der Waals surface area contributed by atoms with E-state index in [4.69, 9.17) is 5.73 Å². The van der Waals surface area contributed by atoms with E-state index >= 15 is 0 Å². The molecular formula is C13H21Cl2N3O. The predicted octanol–water partition coefficient (Wildman–Crippen LogP) is 2.77. The first kappa shape index (κ1) is 18.2. The molecule has 108 valence electrons. The first-order valence-electron chi connectivity index (χ1n) is 6.09. The lowest BCUT2D eigenvalue weighted by Gasteiger charge is -2.37. The molecule has 19 heavy (non-hydrogen) atoms. The largest absolute Gasteiger partial charge is 0.325 e. The summed E-state index contributed by atoms with van der Waals surface area (Å²) in [6.07, 6.45) is 7.32. The lowest BCUT2D eigenvalue weighted by Crippen LogP contribution is -2.51. The van der Waals surface area contributed by atoms with E-state index in [2.05, 4.69) is 10.3 Å². The van der Waals surface area contributed by atoms with Crippen LogP contribution >= 0.6 is 24.8 Å². The fraction of sp³-hybridized carbons (Fsp3) is 0.538. The summed E-state index contributed by atoms with van der Waals surface area (Å²) in [7, 11) is 0. The van der Waals surface area contributed by atoms with Crippen molar-refractivity contribution in [3.05, 3.63) is 24.5 Å². The van der Waals surface area contributed by atoms with Gasteiger partial charge in [0.2, 0.25) is 5.91 Å². The third-order valence-corrected chi connectivity index (χ3v) is 3.50. The van der Waals surface area contributed by atoms with Crippen LogP contribution in [-0.4, -0.2) is 16.4 Å². The zero-order valence-corrected chi connectivity index (χ0v) is 12.6. The van der Waals surface area contributed by atoms with Gasteiger partial charge in [0, 0.05) is 11.7 Å². The van der Waals surface area contributed by atoms with Crippen molar-refractivity contribution in [3.63, 3.8) is 0 Å². The molecule has 2 atom stereocenters. The fourth-order valence-corrected chi connectivity index (χ4v) is 2.45. The van der Waals surface area contributed by atoms with Crippen LogP contribution in [-0.2, 0) is 4.79 Å². The Labute approximate surface area is 126 Å². The molecule has 0 saturated heterocycles. The van der Waals surface area contributed by atoms with Crippen molar-refractivity contribution in [3.8, 4) is 0 Å². The maximum absolute atomic E-state index is 12.2. The summed E-state index contributed by atoms with van der Waals surface area (Å²) in [5.41, 5.74) is 6.55. The summed E-state index contributed by atoms with van der Waals surface area (Å²) >= 11 is 0. The smallest absolute Gasteiger partial charge is 0.229 e. The van der Waals surface area contributed by atoms with Crippen molar-refractivity contribution >= 4 is 36.4 Å². The Bertz CT molecular complexity index is 398. The number of amides is 1. The van der Waals surface area contributed by atoms with Gasteiger partial charge >= 0.3 is 0 Å². The highest BCUT2D eigenvalue weighted by atomic mass is 35.5. The van der Waals surface area contributed by atoms with Crippen LogP contribution in [0.15, 0.2) is 24.5 Å². The maximum Gasteiger partial charge on any atom is 0.229 e. The molecular weight excluding hydrogens is 285 g/mol. The normalized spacial score (nSPS) is 25.7. The van der Waals surface area contributed by atoms with Gasteiger partial charge in [0.15, 0.2) is 0 Å². The standard InChI is InChI=1S/C13H19N3O.2ClH/c1-13(14)7-3-2-6-11(13)12(17)16-10-5-4-8-15-9-10;;/h4-5,8-9,11H,2-3,6-7,14H2,1H3,(H,16,17);2*1H. The zero-order chi connectivity index (χ0) is 12.3. The number of nitrogens with zero attached hydrogens (tertiary/aromatic N) is 1. The molecule has 0 radical (unpaired) electrons. The molecule has 1 aromatic rings. The van der Waals surface area contributed by atoms with Crippen LogP contribution in [0, 0.1) is 5.92 Å². The molecule has 1 heterocycles. The monoisotopic (exact) mass is 305 g/mol. The molecule has 1 aliphatic rings. The van der Waals surface area contributed by atoms with E-state index in [9.17, 15) is 4.79 Å². The first-order chi connectivity index (χ1) is 8.09. The van der Waals surface area contributed by atoms with Crippen molar-refractivity contribution < 1.29 is 4.79 Å². The second kappa shape index (κ2) is 7.68. The molecule has 0 aliphatic heterocycles. The van der Waals surface area contributed by atoms with Gasteiger partial charge < -0.3 is 11.1 Å². The lowest BCUT2D eigenvalue weighted by molar-refractivity contribution is -0.122. The number of hydrogen-bond acceptors (Lipinski definition) is 3. The van der Waals surface area contributed by atoms with Gasteiger partial charge in [0.05, 0.1) is 17.8 Å². The average Bonchev–Trinajstić information content (AvgIpc) is 2.29. The fourth-order valence-electron chi connectivity index (χ4n) is 2.45. The summed E-state index contributed by atoms with van der Waals surface area (Å²) in [5.74, 6) is -0.0841. The van der Waals surface area contributed by atoms with Crippen molar-refractivity contribution in [2.24, 2.45) is 11.7 Å². The van der Waals surface area contributed by atoms with Gasteiger partial charge in [0.25, 0.3) is 0 Å². The number of nitrogens with one attached hydrogen (secondary N) is 1. The summed E-state index contributed by atoms with van der Waals surface area (Å²) in [5, 5.41) is 2.89. The number of carbonyl (C=O) groups excluding carboxylic acids is 1. The van der Waals surface area contributed by atoms with Crippen molar-refractivity contribution in [2.45, 2.75) is 38.1 Å². The third-order valence-electron chi connectivity index (χ3n) is 3.50. The molecule has 0 bridgehead atoms. The van der Waals surface area contributed by atoms with Crippen molar-refractivity contribution in [2.75, 3.05) is 5.32 Å². The Kier molecular flexibility index (Phi) is 7.34. The third kappa shape index (κ3) is 4.64. The number of nitrogens with two attached hydrogens (primary N) is 1. The van der Waals surface area contributed by atoms with Crippen LogP contribution < -0.4 is 11.1 Å². The minimum absolute atomic E-state index is 0. The molecule has 2 unspecified atom stereocenters. The van der Waals surface area contributed by atoms with Crippen molar-refractivity contribution in [1.82, 2.24) is 4.98 Å². The van der Waals surface area contributed by atoms with E-state index < -0.39 is 0 Å². The highest BCUT2D eigenvalue weighted by Crippen LogP contribution is 2.32. The zero-order valence-electron chi connectivity index (χ0n) is 11.0. The first-order valence-corrected chi connectivity index (χ1v) is 6.09. The summed E-state index contributed by atoms with van der Waals surface area (Å²) in [6, 6.07) is 3.64. The van der Waals surface area contributed by atoms with Crippen LogP contribution in [0.4, 0.5) is 5.69 Å². The van der Waals surface area contributed by atoms with Gasteiger partial charge in [-0.3, -0.25) is 9.78 Å². The quantitative estimate of drug-likeness (QED) is 0.883.